The number of amides is 1. The van der Waals surface area contributed by atoms with Crippen molar-refractivity contribution >= 4 is 16.7 Å². The van der Waals surface area contributed by atoms with Crippen molar-refractivity contribution < 1.29 is 9.53 Å². The van der Waals surface area contributed by atoms with Gasteiger partial charge >= 0.3 is 0 Å². The number of hydrogen-bond donors (Lipinski definition) is 0. The van der Waals surface area contributed by atoms with Crippen molar-refractivity contribution in [2.75, 3.05) is 32.8 Å². The second-order valence-electron chi connectivity index (χ2n) is 8.53. The van der Waals surface area contributed by atoms with Crippen molar-refractivity contribution in [2.45, 2.75) is 38.6 Å². The molecule has 1 spiro atoms. The topological polar surface area (TPSA) is 32.8 Å². The van der Waals surface area contributed by atoms with Crippen LogP contribution in [0.5, 0.6) is 5.75 Å². The van der Waals surface area contributed by atoms with Gasteiger partial charge in [-0.25, -0.2) is 0 Å². The van der Waals surface area contributed by atoms with E-state index in [1.165, 1.54) is 24.8 Å². The van der Waals surface area contributed by atoms with Gasteiger partial charge in [0.2, 0.25) is 0 Å². The van der Waals surface area contributed by atoms with E-state index >= 15 is 0 Å². The molecule has 0 unspecified atom stereocenters. The Morgan fingerprint density at radius 1 is 1.11 bits per heavy atom. The highest BCUT2D eigenvalue weighted by atomic mass is 16.5. The summed E-state index contributed by atoms with van der Waals surface area (Å²) in [5.74, 6) is 1.54. The first-order chi connectivity index (χ1) is 13.1. The van der Waals surface area contributed by atoms with Gasteiger partial charge in [-0.3, -0.25) is 9.69 Å². The molecule has 2 heterocycles. The maximum absolute atomic E-state index is 12.8. The number of fused-ring (bicyclic) bond motifs is 1. The van der Waals surface area contributed by atoms with E-state index < -0.39 is 0 Å². The Morgan fingerprint density at radius 3 is 2.67 bits per heavy atom. The summed E-state index contributed by atoms with van der Waals surface area (Å²) >= 11 is 0. The van der Waals surface area contributed by atoms with E-state index in [-0.39, 0.29) is 18.1 Å². The number of hydrogen-bond acceptors (Lipinski definition) is 3. The van der Waals surface area contributed by atoms with Crippen LogP contribution in [0.3, 0.4) is 0 Å². The summed E-state index contributed by atoms with van der Waals surface area (Å²) in [7, 11) is 0. The molecule has 0 aromatic heterocycles. The van der Waals surface area contributed by atoms with Crippen molar-refractivity contribution in [3.05, 3.63) is 42.5 Å². The number of nitrogens with zero attached hydrogens (tertiary/aromatic N) is 2. The number of benzene rings is 2. The molecule has 2 aliphatic rings. The lowest BCUT2D eigenvalue weighted by Crippen LogP contribution is -2.68. The van der Waals surface area contributed by atoms with E-state index in [2.05, 4.69) is 30.9 Å². The third kappa shape index (κ3) is 3.81. The van der Waals surface area contributed by atoms with Crippen LogP contribution in [0.2, 0.25) is 0 Å². The maximum atomic E-state index is 12.8. The molecule has 0 aliphatic carbocycles. The van der Waals surface area contributed by atoms with Gasteiger partial charge in [0.15, 0.2) is 6.61 Å². The first-order valence-electron chi connectivity index (χ1n) is 10.2. The summed E-state index contributed by atoms with van der Waals surface area (Å²) in [5, 5.41) is 2.32. The molecule has 2 saturated heterocycles. The summed E-state index contributed by atoms with van der Waals surface area (Å²) in [6, 6.07) is 14.2. The molecule has 4 heteroatoms. The van der Waals surface area contributed by atoms with E-state index in [0.29, 0.717) is 5.92 Å². The first kappa shape index (κ1) is 18.3. The highest BCUT2D eigenvalue weighted by Gasteiger charge is 2.47. The normalized spacial score (nSPS) is 23.0. The molecule has 4 rings (SSSR count). The lowest BCUT2D eigenvalue weighted by atomic mass is 9.77. The summed E-state index contributed by atoms with van der Waals surface area (Å²) < 4.78 is 5.84. The van der Waals surface area contributed by atoms with Gasteiger partial charge in [-0.15, -0.1) is 0 Å². The zero-order chi connectivity index (χ0) is 18.9. The van der Waals surface area contributed by atoms with Crippen LogP contribution in [0, 0.1) is 5.92 Å². The smallest absolute Gasteiger partial charge is 0.260 e. The largest absolute Gasteiger partial charge is 0.484 e. The lowest BCUT2D eigenvalue weighted by Gasteiger charge is -2.57. The molecule has 2 fully saturated rings. The molecule has 144 valence electrons. The zero-order valence-corrected chi connectivity index (χ0v) is 16.5. The Kier molecular flexibility index (Phi) is 5.09. The Hall–Kier alpha value is -2.07. The van der Waals surface area contributed by atoms with Crippen LogP contribution < -0.4 is 4.74 Å². The van der Waals surface area contributed by atoms with Crippen molar-refractivity contribution in [1.29, 1.82) is 0 Å². The Morgan fingerprint density at radius 2 is 1.93 bits per heavy atom. The van der Waals surface area contributed by atoms with Gasteiger partial charge in [0, 0.05) is 31.7 Å². The summed E-state index contributed by atoms with van der Waals surface area (Å²) in [6.07, 6.45) is 3.53. The second-order valence-corrected chi connectivity index (χ2v) is 8.53. The number of ether oxygens (including phenoxy) is 1. The van der Waals surface area contributed by atoms with Gasteiger partial charge < -0.3 is 9.64 Å². The number of piperidine rings is 1. The molecule has 2 aromatic carbocycles. The summed E-state index contributed by atoms with van der Waals surface area (Å²) in [5.41, 5.74) is 0.223. The molecular weight excluding hydrogens is 336 g/mol. The number of carbonyl (C=O) groups excluding carboxylic acids is 1. The Balaban J connectivity index is 1.36. The van der Waals surface area contributed by atoms with E-state index in [0.717, 1.165) is 37.2 Å². The fraction of sp³-hybridized carbons (Fsp3) is 0.522. The van der Waals surface area contributed by atoms with Crippen LogP contribution in [-0.2, 0) is 4.79 Å². The van der Waals surface area contributed by atoms with Crippen LogP contribution >= 0.6 is 0 Å². The van der Waals surface area contributed by atoms with E-state index in [4.69, 9.17) is 4.74 Å². The zero-order valence-electron chi connectivity index (χ0n) is 16.5. The maximum Gasteiger partial charge on any atom is 0.260 e. The van der Waals surface area contributed by atoms with Gasteiger partial charge in [-0.1, -0.05) is 44.2 Å². The molecule has 0 bridgehead atoms. The van der Waals surface area contributed by atoms with Crippen LogP contribution in [0.25, 0.3) is 10.8 Å². The minimum atomic E-state index is 0.110. The molecule has 0 N–H and O–H groups in total. The SMILES string of the molecule is CC(C)CN1CC[C@@]12CCCN(C(=O)COc1ccc3ccccc3c1)C2. The average Bonchev–Trinajstić information content (AvgIpc) is 2.69. The van der Waals surface area contributed by atoms with Crippen molar-refractivity contribution in [1.82, 2.24) is 9.80 Å². The Labute approximate surface area is 162 Å². The highest BCUT2D eigenvalue weighted by molar-refractivity contribution is 5.84. The molecule has 1 atom stereocenters. The predicted octanol–water partition coefficient (Wildman–Crippen LogP) is 3.94. The van der Waals surface area contributed by atoms with Gasteiger partial charge in [0.05, 0.1) is 0 Å². The van der Waals surface area contributed by atoms with Crippen molar-refractivity contribution in [3.63, 3.8) is 0 Å². The quantitative estimate of drug-likeness (QED) is 0.803. The van der Waals surface area contributed by atoms with Crippen molar-refractivity contribution in [3.8, 4) is 5.75 Å². The third-order valence-corrected chi connectivity index (χ3v) is 6.09. The monoisotopic (exact) mass is 366 g/mol. The van der Waals surface area contributed by atoms with Crippen LogP contribution in [0.4, 0.5) is 0 Å². The minimum absolute atomic E-state index is 0.110. The van der Waals surface area contributed by atoms with Crippen LogP contribution in [0.15, 0.2) is 42.5 Å². The van der Waals surface area contributed by atoms with Gasteiger partial charge in [0.25, 0.3) is 5.91 Å². The standard InChI is InChI=1S/C23H30N2O2/c1-18(2)15-25-13-11-23(25)10-5-12-24(17-23)22(26)16-27-21-9-8-19-6-3-4-7-20(19)14-21/h3-4,6-9,14,18H,5,10-13,15-17H2,1-2H3/t23-/m1/s1. The van der Waals surface area contributed by atoms with E-state index in [9.17, 15) is 4.79 Å². The molecule has 27 heavy (non-hydrogen) atoms. The highest BCUT2D eigenvalue weighted by Crippen LogP contribution is 2.39. The van der Waals surface area contributed by atoms with Gasteiger partial charge in [-0.2, -0.15) is 0 Å². The van der Waals surface area contributed by atoms with Crippen LogP contribution in [-0.4, -0.2) is 54.0 Å². The first-order valence-corrected chi connectivity index (χ1v) is 10.2. The van der Waals surface area contributed by atoms with E-state index in [1.54, 1.807) is 0 Å². The lowest BCUT2D eigenvalue weighted by molar-refractivity contribution is -0.142. The summed E-state index contributed by atoms with van der Waals surface area (Å²) in [4.78, 5) is 17.4. The number of likely N-dealkylation sites (tertiary alicyclic amines) is 2. The van der Waals surface area contributed by atoms with E-state index in [1.807, 2.05) is 35.2 Å². The van der Waals surface area contributed by atoms with Gasteiger partial charge in [0.1, 0.15) is 5.75 Å². The average molecular weight is 367 g/mol. The summed E-state index contributed by atoms with van der Waals surface area (Å²) in [6.45, 7) is 8.70. The molecule has 2 aliphatic heterocycles. The fourth-order valence-corrected chi connectivity index (χ4v) is 4.59. The molecule has 0 radical (unpaired) electrons. The predicted molar refractivity (Wildman–Crippen MR) is 109 cm³/mol. The molecule has 1 amide bonds. The molecule has 4 nitrogen and oxygen atoms in total. The number of rotatable bonds is 5. The molecular formula is C23H30N2O2. The van der Waals surface area contributed by atoms with Crippen molar-refractivity contribution in [2.24, 2.45) is 5.92 Å². The Bertz CT molecular complexity index is 819. The molecule has 0 saturated carbocycles. The molecule has 2 aromatic rings. The van der Waals surface area contributed by atoms with Crippen LogP contribution in [0.1, 0.15) is 33.1 Å². The van der Waals surface area contributed by atoms with Gasteiger partial charge in [-0.05, 0) is 48.1 Å². The minimum Gasteiger partial charge on any atom is -0.484 e. The fourth-order valence-electron chi connectivity index (χ4n) is 4.59. The number of carbonyl (C=O) groups is 1. The third-order valence-electron chi connectivity index (χ3n) is 6.09. The second kappa shape index (κ2) is 7.51.